The SMILES string of the molecule is CC/C=C\C/C=C\C/C=C\CCCCCCCC(=O)OCC(COC(=O)CCCCCCCCCCCCCCCCCCCC)OC(=O)CCCCCCCCC/C=C\C/C=C\CCCCC. The number of esters is 3. The summed E-state index contributed by atoms with van der Waals surface area (Å²) in [5, 5.41) is 0. The second-order valence-electron chi connectivity index (χ2n) is 19.5. The predicted molar refractivity (Wildman–Crippen MR) is 293 cm³/mol. The van der Waals surface area contributed by atoms with E-state index >= 15 is 0 Å². The third-order valence-electron chi connectivity index (χ3n) is 12.8. The fourth-order valence-corrected chi connectivity index (χ4v) is 8.37. The van der Waals surface area contributed by atoms with E-state index in [0.717, 1.165) is 109 Å². The Labute approximate surface area is 421 Å². The van der Waals surface area contributed by atoms with Gasteiger partial charge in [-0.05, 0) is 83.5 Å². The van der Waals surface area contributed by atoms with Crippen LogP contribution in [0.25, 0.3) is 0 Å². The number of carbonyl (C=O) groups is 3. The van der Waals surface area contributed by atoms with Gasteiger partial charge in [-0.1, -0.05) is 255 Å². The minimum absolute atomic E-state index is 0.0805. The van der Waals surface area contributed by atoms with E-state index < -0.39 is 6.10 Å². The predicted octanol–water partition coefficient (Wildman–Crippen LogP) is 19.6. The van der Waals surface area contributed by atoms with Crippen LogP contribution < -0.4 is 0 Å². The fourth-order valence-electron chi connectivity index (χ4n) is 8.37. The number of hydrogen-bond donors (Lipinski definition) is 0. The van der Waals surface area contributed by atoms with Gasteiger partial charge < -0.3 is 14.2 Å². The van der Waals surface area contributed by atoms with Gasteiger partial charge in [-0.3, -0.25) is 14.4 Å². The summed E-state index contributed by atoms with van der Waals surface area (Å²) in [5.74, 6) is -0.893. The molecule has 0 aromatic heterocycles. The normalized spacial score (nSPS) is 12.5. The highest BCUT2D eigenvalue weighted by Gasteiger charge is 2.19. The maximum Gasteiger partial charge on any atom is 0.306 e. The summed E-state index contributed by atoms with van der Waals surface area (Å²) in [4.78, 5) is 38.2. The molecule has 0 saturated carbocycles. The highest BCUT2D eigenvalue weighted by molar-refractivity contribution is 5.71. The summed E-state index contributed by atoms with van der Waals surface area (Å²) in [5.41, 5.74) is 0. The minimum atomic E-state index is -0.784. The molecule has 6 nitrogen and oxygen atoms in total. The largest absolute Gasteiger partial charge is 0.462 e. The van der Waals surface area contributed by atoms with E-state index in [9.17, 15) is 14.4 Å². The molecule has 0 aromatic rings. The van der Waals surface area contributed by atoms with Crippen molar-refractivity contribution in [1.29, 1.82) is 0 Å². The molecule has 0 heterocycles. The van der Waals surface area contributed by atoms with Crippen molar-refractivity contribution < 1.29 is 28.6 Å². The van der Waals surface area contributed by atoms with Crippen molar-refractivity contribution in [3.05, 3.63) is 60.8 Å². The zero-order valence-electron chi connectivity index (χ0n) is 45.1. The summed E-state index contributed by atoms with van der Waals surface area (Å²) in [6.07, 6.45) is 70.7. The summed E-state index contributed by atoms with van der Waals surface area (Å²) in [6, 6.07) is 0. The van der Waals surface area contributed by atoms with Crippen LogP contribution in [0, 0.1) is 0 Å². The van der Waals surface area contributed by atoms with E-state index in [-0.39, 0.29) is 31.1 Å². The quantitative estimate of drug-likeness (QED) is 0.0262. The molecule has 0 aromatic carbocycles. The van der Waals surface area contributed by atoms with Crippen LogP contribution in [0.2, 0.25) is 0 Å². The minimum Gasteiger partial charge on any atom is -0.462 e. The first kappa shape index (κ1) is 65.1. The molecule has 0 N–H and O–H groups in total. The molecule has 394 valence electrons. The molecule has 0 rings (SSSR count). The Kier molecular flexibility index (Phi) is 54.3. The third-order valence-corrected chi connectivity index (χ3v) is 12.8. The van der Waals surface area contributed by atoms with Gasteiger partial charge in [0.25, 0.3) is 0 Å². The molecule has 0 radical (unpaired) electrons. The number of unbranched alkanes of at least 4 members (excludes halogenated alkanes) is 32. The van der Waals surface area contributed by atoms with Crippen LogP contribution in [-0.4, -0.2) is 37.2 Å². The highest BCUT2D eigenvalue weighted by atomic mass is 16.6. The van der Waals surface area contributed by atoms with Gasteiger partial charge in [0.05, 0.1) is 0 Å². The Morgan fingerprint density at radius 2 is 0.574 bits per heavy atom. The molecule has 0 aliphatic rings. The van der Waals surface area contributed by atoms with Gasteiger partial charge in [-0.2, -0.15) is 0 Å². The topological polar surface area (TPSA) is 78.9 Å². The summed E-state index contributed by atoms with van der Waals surface area (Å²) in [7, 11) is 0. The van der Waals surface area contributed by atoms with Gasteiger partial charge in [-0.25, -0.2) is 0 Å². The zero-order chi connectivity index (χ0) is 49.3. The lowest BCUT2D eigenvalue weighted by Gasteiger charge is -2.18. The summed E-state index contributed by atoms with van der Waals surface area (Å²) >= 11 is 0. The smallest absolute Gasteiger partial charge is 0.306 e. The van der Waals surface area contributed by atoms with Gasteiger partial charge in [0, 0.05) is 19.3 Å². The van der Waals surface area contributed by atoms with Crippen LogP contribution in [0.15, 0.2) is 60.8 Å². The number of rotatable bonds is 53. The molecule has 0 amide bonds. The van der Waals surface area contributed by atoms with Crippen LogP contribution in [0.3, 0.4) is 0 Å². The van der Waals surface area contributed by atoms with E-state index in [0.29, 0.717) is 19.3 Å². The van der Waals surface area contributed by atoms with Crippen molar-refractivity contribution in [2.45, 2.75) is 303 Å². The molecule has 1 unspecified atom stereocenters. The molecule has 0 fully saturated rings. The number of carbonyl (C=O) groups excluding carboxylic acids is 3. The fraction of sp³-hybridized carbons (Fsp3) is 0.790. The standard InChI is InChI=1S/C62H110O6/c1-4-7-10-13-16-19-22-25-28-30-32-34-37-40-43-46-49-52-55-61(64)67-58-59(57-66-60(63)54-51-48-45-42-39-36-33-27-24-21-18-15-12-9-6-3)68-62(65)56-53-50-47-44-41-38-35-31-29-26-23-20-17-14-11-8-5-2/h9,12,17-18,20-21,26-27,29,33,59H,4-8,10-11,13-16,19,22-25,28,30-32,34-58H2,1-3H3/b12-9-,20-17-,21-18-,29-26-,33-27-. The molecule has 0 saturated heterocycles. The average Bonchev–Trinajstić information content (AvgIpc) is 3.34. The molecule has 0 aliphatic carbocycles. The van der Waals surface area contributed by atoms with Crippen molar-refractivity contribution in [2.24, 2.45) is 0 Å². The molecule has 0 spiro atoms. The van der Waals surface area contributed by atoms with E-state index in [2.05, 4.69) is 81.5 Å². The first-order valence-corrected chi connectivity index (χ1v) is 29.3. The highest BCUT2D eigenvalue weighted by Crippen LogP contribution is 2.16. The van der Waals surface area contributed by atoms with E-state index in [1.54, 1.807) is 0 Å². The van der Waals surface area contributed by atoms with Crippen LogP contribution in [0.5, 0.6) is 0 Å². The summed E-state index contributed by atoms with van der Waals surface area (Å²) < 4.78 is 16.9. The van der Waals surface area contributed by atoms with Gasteiger partial charge >= 0.3 is 17.9 Å². The van der Waals surface area contributed by atoms with Crippen molar-refractivity contribution in [3.63, 3.8) is 0 Å². The Morgan fingerprint density at radius 1 is 0.309 bits per heavy atom. The van der Waals surface area contributed by atoms with Crippen molar-refractivity contribution in [1.82, 2.24) is 0 Å². The average molecular weight is 952 g/mol. The van der Waals surface area contributed by atoms with Crippen LogP contribution in [0.1, 0.15) is 297 Å². The molecule has 0 aliphatic heterocycles. The molecular weight excluding hydrogens is 841 g/mol. The first-order valence-electron chi connectivity index (χ1n) is 29.3. The lowest BCUT2D eigenvalue weighted by Crippen LogP contribution is -2.30. The first-order chi connectivity index (χ1) is 33.5. The number of ether oxygens (including phenoxy) is 3. The summed E-state index contributed by atoms with van der Waals surface area (Å²) in [6.45, 7) is 6.52. The van der Waals surface area contributed by atoms with Crippen molar-refractivity contribution in [3.8, 4) is 0 Å². The molecular formula is C62H110O6. The van der Waals surface area contributed by atoms with E-state index in [1.165, 1.54) is 148 Å². The lowest BCUT2D eigenvalue weighted by molar-refractivity contribution is -0.167. The molecule has 0 bridgehead atoms. The number of allylic oxidation sites excluding steroid dienone is 10. The van der Waals surface area contributed by atoms with Crippen molar-refractivity contribution in [2.75, 3.05) is 13.2 Å². The maximum absolute atomic E-state index is 12.9. The monoisotopic (exact) mass is 951 g/mol. The lowest BCUT2D eigenvalue weighted by atomic mass is 10.0. The number of hydrogen-bond acceptors (Lipinski definition) is 6. The van der Waals surface area contributed by atoms with Crippen LogP contribution >= 0.6 is 0 Å². The Balaban J connectivity index is 4.38. The maximum atomic E-state index is 12.9. The van der Waals surface area contributed by atoms with E-state index in [4.69, 9.17) is 14.2 Å². The molecule has 68 heavy (non-hydrogen) atoms. The van der Waals surface area contributed by atoms with Gasteiger partial charge in [0.15, 0.2) is 6.10 Å². The molecule has 6 heteroatoms. The Hall–Kier alpha value is -2.89. The molecule has 1 atom stereocenters. The van der Waals surface area contributed by atoms with Gasteiger partial charge in [-0.15, -0.1) is 0 Å². The third kappa shape index (κ3) is 54.1. The van der Waals surface area contributed by atoms with Crippen LogP contribution in [-0.2, 0) is 28.6 Å². The van der Waals surface area contributed by atoms with E-state index in [1.807, 2.05) is 0 Å². The van der Waals surface area contributed by atoms with Gasteiger partial charge in [0.2, 0.25) is 0 Å². The second kappa shape index (κ2) is 56.7. The Morgan fingerprint density at radius 3 is 0.926 bits per heavy atom. The van der Waals surface area contributed by atoms with Gasteiger partial charge in [0.1, 0.15) is 13.2 Å². The second-order valence-corrected chi connectivity index (χ2v) is 19.5. The zero-order valence-corrected chi connectivity index (χ0v) is 45.1. The van der Waals surface area contributed by atoms with Crippen molar-refractivity contribution >= 4 is 17.9 Å². The Bertz CT molecular complexity index is 1230. The van der Waals surface area contributed by atoms with Crippen LogP contribution in [0.4, 0.5) is 0 Å².